The van der Waals surface area contributed by atoms with Gasteiger partial charge in [-0.15, -0.1) is 0 Å². The van der Waals surface area contributed by atoms with Crippen LogP contribution in [0.1, 0.15) is 37.5 Å². The van der Waals surface area contributed by atoms with Crippen LogP contribution in [0.2, 0.25) is 0 Å². The molecular formula is C25H33F2N3O5. The van der Waals surface area contributed by atoms with Crippen molar-refractivity contribution in [1.82, 2.24) is 15.5 Å². The largest absolute Gasteiger partial charge is 0.465 e. The molecule has 0 saturated carbocycles. The summed E-state index contributed by atoms with van der Waals surface area (Å²) in [5.41, 5.74) is 1.20. The highest BCUT2D eigenvalue weighted by atomic mass is 19.1. The van der Waals surface area contributed by atoms with E-state index >= 15 is 0 Å². The maximum absolute atomic E-state index is 13.6. The van der Waals surface area contributed by atoms with Crippen molar-refractivity contribution in [2.75, 3.05) is 13.6 Å². The molecular weight excluding hydrogens is 460 g/mol. The monoisotopic (exact) mass is 493 g/mol. The molecule has 0 aromatic heterocycles. The van der Waals surface area contributed by atoms with E-state index in [1.165, 1.54) is 11.9 Å². The number of aliphatic hydroxyl groups excluding tert-OH is 1. The number of nitrogens with one attached hydrogen (secondary N) is 2. The smallest absolute Gasteiger partial charge is 0.407 e. The lowest BCUT2D eigenvalue weighted by Crippen LogP contribution is -2.49. The van der Waals surface area contributed by atoms with Crippen molar-refractivity contribution in [3.63, 3.8) is 0 Å². The maximum atomic E-state index is 13.6. The molecule has 2 aromatic rings. The Balaban J connectivity index is 2.04. The minimum absolute atomic E-state index is 0.0201. The highest BCUT2D eigenvalue weighted by Crippen LogP contribution is 2.14. The number of halogens is 2. The molecule has 192 valence electrons. The Bertz CT molecular complexity index is 993. The summed E-state index contributed by atoms with van der Waals surface area (Å²) in [6, 6.07) is 9.49. The van der Waals surface area contributed by atoms with Crippen molar-refractivity contribution in [1.29, 1.82) is 0 Å². The van der Waals surface area contributed by atoms with Gasteiger partial charge in [0, 0.05) is 32.7 Å². The number of aliphatic hydroxyl groups is 1. The van der Waals surface area contributed by atoms with Crippen LogP contribution in [0.4, 0.5) is 18.4 Å². The van der Waals surface area contributed by atoms with E-state index in [1.54, 1.807) is 20.8 Å². The van der Waals surface area contributed by atoms with Crippen LogP contribution in [0.25, 0.3) is 0 Å². The number of carboxylic acid groups (broad SMARTS) is 1. The van der Waals surface area contributed by atoms with Crippen LogP contribution in [0, 0.1) is 11.6 Å². The van der Waals surface area contributed by atoms with E-state index < -0.39 is 41.6 Å². The zero-order valence-electron chi connectivity index (χ0n) is 20.3. The molecule has 8 nitrogen and oxygen atoms in total. The molecule has 0 heterocycles. The molecule has 0 bridgehead atoms. The van der Waals surface area contributed by atoms with Crippen molar-refractivity contribution in [3.8, 4) is 0 Å². The molecule has 0 aliphatic heterocycles. The lowest BCUT2D eigenvalue weighted by Gasteiger charge is -2.27. The molecule has 0 unspecified atom stereocenters. The van der Waals surface area contributed by atoms with Gasteiger partial charge < -0.3 is 30.5 Å². The standard InChI is InChI=1S/C25H33F2N3O5/c1-25(2,3)35-23(32)29-21(11-18-9-19(26)12-20(27)10-18)22(31)14-28-13-16-6-5-7-17(8-16)15-30(4)24(33)34/h5-10,12,21-22,28,31H,11,13-15H2,1-4H3,(H,29,32)(H,33,34)/t21-,22+/m0/s1. The minimum atomic E-state index is -1.10. The Labute approximate surface area is 203 Å². The first-order valence-corrected chi connectivity index (χ1v) is 11.2. The number of hydrogen-bond donors (Lipinski definition) is 4. The van der Waals surface area contributed by atoms with Gasteiger partial charge in [0.1, 0.15) is 17.2 Å². The second-order valence-corrected chi connectivity index (χ2v) is 9.39. The van der Waals surface area contributed by atoms with Gasteiger partial charge in [0.15, 0.2) is 0 Å². The number of carbonyl (C=O) groups excluding carboxylic acids is 1. The van der Waals surface area contributed by atoms with Crippen LogP contribution in [-0.4, -0.2) is 58.6 Å². The Kier molecular flexibility index (Phi) is 9.97. The highest BCUT2D eigenvalue weighted by molar-refractivity contribution is 5.68. The van der Waals surface area contributed by atoms with Gasteiger partial charge in [-0.2, -0.15) is 0 Å². The Morgan fingerprint density at radius 3 is 2.29 bits per heavy atom. The zero-order valence-corrected chi connectivity index (χ0v) is 20.3. The van der Waals surface area contributed by atoms with Crippen molar-refractivity contribution in [2.45, 2.75) is 58.0 Å². The molecule has 0 spiro atoms. The van der Waals surface area contributed by atoms with Gasteiger partial charge in [-0.25, -0.2) is 18.4 Å². The maximum Gasteiger partial charge on any atom is 0.407 e. The summed E-state index contributed by atoms with van der Waals surface area (Å²) < 4.78 is 32.6. The minimum Gasteiger partial charge on any atom is -0.465 e. The van der Waals surface area contributed by atoms with E-state index in [4.69, 9.17) is 9.84 Å². The van der Waals surface area contributed by atoms with E-state index in [0.717, 1.165) is 29.3 Å². The predicted molar refractivity (Wildman–Crippen MR) is 127 cm³/mol. The van der Waals surface area contributed by atoms with Crippen LogP contribution < -0.4 is 10.6 Å². The molecule has 10 heteroatoms. The van der Waals surface area contributed by atoms with Gasteiger partial charge in [0.25, 0.3) is 0 Å². The van der Waals surface area contributed by atoms with Crippen molar-refractivity contribution < 1.29 is 33.3 Å². The molecule has 2 atom stereocenters. The van der Waals surface area contributed by atoms with E-state index in [-0.39, 0.29) is 25.1 Å². The summed E-state index contributed by atoms with van der Waals surface area (Å²) >= 11 is 0. The van der Waals surface area contributed by atoms with Crippen LogP contribution in [0.15, 0.2) is 42.5 Å². The third-order valence-electron chi connectivity index (χ3n) is 4.96. The fraction of sp³-hybridized carbons (Fsp3) is 0.440. The van der Waals surface area contributed by atoms with Gasteiger partial charge in [0.05, 0.1) is 12.1 Å². The van der Waals surface area contributed by atoms with Gasteiger partial charge in [0.2, 0.25) is 0 Å². The van der Waals surface area contributed by atoms with Gasteiger partial charge in [-0.05, 0) is 56.0 Å². The molecule has 35 heavy (non-hydrogen) atoms. The van der Waals surface area contributed by atoms with Crippen LogP contribution in [-0.2, 0) is 24.2 Å². The fourth-order valence-corrected chi connectivity index (χ4v) is 3.41. The Hall–Kier alpha value is -3.24. The predicted octanol–water partition coefficient (Wildman–Crippen LogP) is 3.66. The molecule has 2 amide bonds. The van der Waals surface area contributed by atoms with E-state index in [1.807, 2.05) is 24.3 Å². The number of amides is 2. The van der Waals surface area contributed by atoms with E-state index in [9.17, 15) is 23.5 Å². The van der Waals surface area contributed by atoms with E-state index in [0.29, 0.717) is 6.54 Å². The third-order valence-corrected chi connectivity index (χ3v) is 4.96. The second kappa shape index (κ2) is 12.5. The topological polar surface area (TPSA) is 111 Å². The van der Waals surface area contributed by atoms with Gasteiger partial charge in [-0.1, -0.05) is 24.3 Å². The summed E-state index contributed by atoms with van der Waals surface area (Å²) in [7, 11) is 1.48. The Morgan fingerprint density at radius 1 is 1.06 bits per heavy atom. The van der Waals surface area contributed by atoms with Crippen LogP contribution in [0.3, 0.4) is 0 Å². The SMILES string of the molecule is CN(Cc1cccc(CNC[C@@H](O)[C@H](Cc2cc(F)cc(F)c2)NC(=O)OC(C)(C)C)c1)C(=O)O. The molecule has 0 saturated heterocycles. The van der Waals surface area contributed by atoms with Crippen LogP contribution in [0.5, 0.6) is 0 Å². The lowest BCUT2D eigenvalue weighted by molar-refractivity contribution is 0.0422. The summed E-state index contributed by atoms with van der Waals surface area (Å²) in [6.45, 7) is 5.77. The molecule has 0 aliphatic rings. The number of hydrogen-bond acceptors (Lipinski definition) is 5. The quantitative estimate of drug-likeness (QED) is 0.402. The molecule has 2 rings (SSSR count). The van der Waals surface area contributed by atoms with Crippen molar-refractivity contribution in [2.24, 2.45) is 0 Å². The number of nitrogens with zero attached hydrogens (tertiary/aromatic N) is 1. The summed E-state index contributed by atoms with van der Waals surface area (Å²) in [6.07, 6.45) is -2.91. The Morgan fingerprint density at radius 2 is 1.69 bits per heavy atom. The third kappa shape index (κ3) is 10.3. The number of ether oxygens (including phenoxy) is 1. The molecule has 0 aliphatic carbocycles. The highest BCUT2D eigenvalue weighted by Gasteiger charge is 2.25. The van der Waals surface area contributed by atoms with Gasteiger partial charge >= 0.3 is 12.2 Å². The molecule has 2 aromatic carbocycles. The summed E-state index contributed by atoms with van der Waals surface area (Å²) in [5.74, 6) is -1.51. The number of rotatable bonds is 10. The van der Waals surface area contributed by atoms with Crippen LogP contribution >= 0.6 is 0 Å². The molecule has 4 N–H and O–H groups in total. The second-order valence-electron chi connectivity index (χ2n) is 9.39. The molecule has 0 radical (unpaired) electrons. The number of alkyl carbamates (subject to hydrolysis) is 1. The number of benzene rings is 2. The fourth-order valence-electron chi connectivity index (χ4n) is 3.41. The zero-order chi connectivity index (χ0) is 26.2. The summed E-state index contributed by atoms with van der Waals surface area (Å²) in [4.78, 5) is 24.5. The van der Waals surface area contributed by atoms with Crippen molar-refractivity contribution >= 4 is 12.2 Å². The lowest BCUT2D eigenvalue weighted by atomic mass is 10.0. The first-order chi connectivity index (χ1) is 16.3. The number of carbonyl (C=O) groups is 2. The average Bonchev–Trinajstić information content (AvgIpc) is 2.71. The molecule has 0 fully saturated rings. The first kappa shape index (κ1) is 28.0. The normalized spacial score (nSPS) is 13.1. The van der Waals surface area contributed by atoms with Crippen molar-refractivity contribution in [3.05, 3.63) is 70.8 Å². The average molecular weight is 494 g/mol. The summed E-state index contributed by atoms with van der Waals surface area (Å²) in [5, 5.41) is 25.5. The van der Waals surface area contributed by atoms with Gasteiger partial charge in [-0.3, -0.25) is 0 Å². The van der Waals surface area contributed by atoms with E-state index in [2.05, 4.69) is 10.6 Å². The first-order valence-electron chi connectivity index (χ1n) is 11.2.